The standard InChI is InChI=1S/C18H31NO2/c1-2-18(11-4-5-12-18)17(21)19-13-6-3-9-15(19)14-8-7-10-16(14)20/h14-16,20H,2-13H2,1H3. The van der Waals surface area contributed by atoms with Gasteiger partial charge in [-0.15, -0.1) is 0 Å². The average Bonchev–Trinajstić information content (AvgIpc) is 3.16. The molecule has 3 aliphatic rings. The van der Waals surface area contributed by atoms with Crippen molar-refractivity contribution < 1.29 is 9.90 Å². The maximum absolute atomic E-state index is 13.3. The first-order valence-corrected chi connectivity index (χ1v) is 9.17. The largest absolute Gasteiger partial charge is 0.393 e. The Hall–Kier alpha value is -0.570. The zero-order chi connectivity index (χ0) is 14.9. The smallest absolute Gasteiger partial charge is 0.229 e. The minimum Gasteiger partial charge on any atom is -0.393 e. The van der Waals surface area contributed by atoms with Crippen molar-refractivity contribution in [1.82, 2.24) is 4.90 Å². The Balaban J connectivity index is 1.78. The van der Waals surface area contributed by atoms with Gasteiger partial charge in [0, 0.05) is 23.9 Å². The third-order valence-corrected chi connectivity index (χ3v) is 6.53. The lowest BCUT2D eigenvalue weighted by Crippen LogP contribution is -2.53. The van der Waals surface area contributed by atoms with Crippen LogP contribution in [-0.4, -0.2) is 34.6 Å². The summed E-state index contributed by atoms with van der Waals surface area (Å²) >= 11 is 0. The fourth-order valence-electron chi connectivity index (χ4n) is 5.15. The molecule has 2 aliphatic carbocycles. The molecular weight excluding hydrogens is 262 g/mol. The molecule has 21 heavy (non-hydrogen) atoms. The van der Waals surface area contributed by atoms with Gasteiger partial charge in [-0.2, -0.15) is 0 Å². The number of aliphatic hydroxyl groups excluding tert-OH is 1. The van der Waals surface area contributed by atoms with E-state index in [9.17, 15) is 9.90 Å². The van der Waals surface area contributed by atoms with Crippen molar-refractivity contribution in [2.24, 2.45) is 11.3 Å². The molecule has 0 aromatic rings. The second kappa shape index (κ2) is 6.28. The molecule has 1 aliphatic heterocycles. The van der Waals surface area contributed by atoms with E-state index in [1.54, 1.807) is 0 Å². The number of amides is 1. The highest BCUT2D eigenvalue weighted by molar-refractivity contribution is 5.83. The minimum absolute atomic E-state index is 0.0703. The molecule has 120 valence electrons. The summed E-state index contributed by atoms with van der Waals surface area (Å²) in [7, 11) is 0. The summed E-state index contributed by atoms with van der Waals surface area (Å²) in [5, 5.41) is 10.3. The highest BCUT2D eigenvalue weighted by Gasteiger charge is 2.46. The van der Waals surface area contributed by atoms with Crippen LogP contribution in [0.2, 0.25) is 0 Å². The number of carbonyl (C=O) groups is 1. The van der Waals surface area contributed by atoms with Crippen LogP contribution in [0.3, 0.4) is 0 Å². The summed E-state index contributed by atoms with van der Waals surface area (Å²) in [6, 6.07) is 0.313. The van der Waals surface area contributed by atoms with E-state index in [0.29, 0.717) is 17.9 Å². The normalized spacial score (nSPS) is 36.1. The van der Waals surface area contributed by atoms with Crippen molar-refractivity contribution in [3.8, 4) is 0 Å². The Labute approximate surface area is 129 Å². The summed E-state index contributed by atoms with van der Waals surface area (Å²) in [4.78, 5) is 15.5. The van der Waals surface area contributed by atoms with Crippen LogP contribution in [-0.2, 0) is 4.79 Å². The molecule has 3 atom stereocenters. The predicted molar refractivity (Wildman–Crippen MR) is 83.9 cm³/mol. The van der Waals surface area contributed by atoms with Crippen molar-refractivity contribution in [2.75, 3.05) is 6.54 Å². The van der Waals surface area contributed by atoms with Crippen LogP contribution >= 0.6 is 0 Å². The van der Waals surface area contributed by atoms with Crippen molar-refractivity contribution in [3.63, 3.8) is 0 Å². The number of nitrogens with zero attached hydrogens (tertiary/aromatic N) is 1. The Bertz CT molecular complexity index is 375. The van der Waals surface area contributed by atoms with Gasteiger partial charge >= 0.3 is 0 Å². The second-order valence-corrected chi connectivity index (χ2v) is 7.56. The summed E-state index contributed by atoms with van der Waals surface area (Å²) in [5.41, 5.74) is -0.0703. The van der Waals surface area contributed by atoms with E-state index in [1.807, 2.05) is 0 Å². The monoisotopic (exact) mass is 293 g/mol. The van der Waals surface area contributed by atoms with E-state index in [0.717, 1.165) is 57.9 Å². The van der Waals surface area contributed by atoms with Crippen LogP contribution in [0.5, 0.6) is 0 Å². The molecule has 3 unspecified atom stereocenters. The molecule has 1 heterocycles. The number of carbonyl (C=O) groups excluding carboxylic acids is 1. The maximum Gasteiger partial charge on any atom is 0.229 e. The second-order valence-electron chi connectivity index (χ2n) is 7.56. The molecule has 3 fully saturated rings. The van der Waals surface area contributed by atoms with Crippen LogP contribution < -0.4 is 0 Å². The third-order valence-electron chi connectivity index (χ3n) is 6.53. The SMILES string of the molecule is CCC1(C(=O)N2CCCCC2C2CCCC2O)CCCC1. The van der Waals surface area contributed by atoms with Gasteiger partial charge in [0.1, 0.15) is 0 Å². The fourth-order valence-corrected chi connectivity index (χ4v) is 5.15. The highest BCUT2D eigenvalue weighted by atomic mass is 16.3. The first-order valence-electron chi connectivity index (χ1n) is 9.17. The van der Waals surface area contributed by atoms with Crippen molar-refractivity contribution in [3.05, 3.63) is 0 Å². The van der Waals surface area contributed by atoms with E-state index >= 15 is 0 Å². The molecule has 1 N–H and O–H groups in total. The van der Waals surface area contributed by atoms with E-state index < -0.39 is 0 Å². The van der Waals surface area contributed by atoms with Gasteiger partial charge in [-0.25, -0.2) is 0 Å². The maximum atomic E-state index is 13.3. The summed E-state index contributed by atoms with van der Waals surface area (Å²) in [6.45, 7) is 3.11. The topological polar surface area (TPSA) is 40.5 Å². The van der Waals surface area contributed by atoms with Gasteiger partial charge in [0.15, 0.2) is 0 Å². The fraction of sp³-hybridized carbons (Fsp3) is 0.944. The molecule has 3 heteroatoms. The van der Waals surface area contributed by atoms with Crippen LogP contribution in [0.25, 0.3) is 0 Å². The number of likely N-dealkylation sites (tertiary alicyclic amines) is 1. The molecule has 3 nitrogen and oxygen atoms in total. The van der Waals surface area contributed by atoms with Crippen LogP contribution in [0, 0.1) is 11.3 Å². The molecule has 2 saturated carbocycles. The van der Waals surface area contributed by atoms with Gasteiger partial charge in [-0.1, -0.05) is 26.2 Å². The number of rotatable bonds is 3. The summed E-state index contributed by atoms with van der Waals surface area (Å²) in [6.07, 6.45) is 12.0. The number of piperidine rings is 1. The first kappa shape index (κ1) is 15.3. The predicted octanol–water partition coefficient (Wildman–Crippen LogP) is 3.50. The minimum atomic E-state index is -0.176. The molecular formula is C18H31NO2. The van der Waals surface area contributed by atoms with Crippen molar-refractivity contribution in [2.45, 2.75) is 89.7 Å². The quantitative estimate of drug-likeness (QED) is 0.865. The van der Waals surface area contributed by atoms with Gasteiger partial charge < -0.3 is 10.0 Å². The van der Waals surface area contributed by atoms with Crippen LogP contribution in [0.4, 0.5) is 0 Å². The van der Waals surface area contributed by atoms with Gasteiger partial charge in [0.05, 0.1) is 6.10 Å². The number of hydrogen-bond donors (Lipinski definition) is 1. The van der Waals surface area contributed by atoms with E-state index in [4.69, 9.17) is 0 Å². The molecule has 0 aromatic carbocycles. The highest BCUT2D eigenvalue weighted by Crippen LogP contribution is 2.45. The molecule has 1 amide bonds. The van der Waals surface area contributed by atoms with Crippen molar-refractivity contribution >= 4 is 5.91 Å². The lowest BCUT2D eigenvalue weighted by atomic mass is 9.79. The molecule has 1 saturated heterocycles. The van der Waals surface area contributed by atoms with Gasteiger partial charge in [-0.05, 0) is 51.4 Å². The zero-order valence-corrected chi connectivity index (χ0v) is 13.5. The molecule has 3 rings (SSSR count). The van der Waals surface area contributed by atoms with Crippen LogP contribution in [0.15, 0.2) is 0 Å². The molecule has 0 spiro atoms. The Morgan fingerprint density at radius 1 is 1.10 bits per heavy atom. The van der Waals surface area contributed by atoms with E-state index in [2.05, 4.69) is 11.8 Å². The molecule has 0 aromatic heterocycles. The first-order chi connectivity index (χ1) is 10.2. The number of aliphatic hydroxyl groups is 1. The van der Waals surface area contributed by atoms with E-state index in [1.165, 1.54) is 19.3 Å². The summed E-state index contributed by atoms with van der Waals surface area (Å²) < 4.78 is 0. The van der Waals surface area contributed by atoms with Gasteiger partial charge in [0.2, 0.25) is 5.91 Å². The zero-order valence-electron chi connectivity index (χ0n) is 13.5. The third kappa shape index (κ3) is 2.74. The van der Waals surface area contributed by atoms with Crippen LogP contribution in [0.1, 0.15) is 77.6 Å². The lowest BCUT2D eigenvalue weighted by molar-refractivity contribution is -0.148. The van der Waals surface area contributed by atoms with Gasteiger partial charge in [-0.3, -0.25) is 4.79 Å². The molecule has 0 bridgehead atoms. The average molecular weight is 293 g/mol. The summed E-state index contributed by atoms with van der Waals surface area (Å²) in [5.74, 6) is 0.760. The number of hydrogen-bond acceptors (Lipinski definition) is 2. The Kier molecular flexibility index (Phi) is 4.58. The Morgan fingerprint density at radius 3 is 2.48 bits per heavy atom. The van der Waals surface area contributed by atoms with Crippen molar-refractivity contribution in [1.29, 1.82) is 0 Å². The Morgan fingerprint density at radius 2 is 1.86 bits per heavy atom. The van der Waals surface area contributed by atoms with E-state index in [-0.39, 0.29) is 11.5 Å². The van der Waals surface area contributed by atoms with Gasteiger partial charge in [0.25, 0.3) is 0 Å². The lowest BCUT2D eigenvalue weighted by Gasteiger charge is -2.44. The molecule has 0 radical (unpaired) electrons.